The van der Waals surface area contributed by atoms with Crippen LogP contribution in [0.25, 0.3) is 0 Å². The minimum atomic E-state index is 0.398. The van der Waals surface area contributed by atoms with Crippen molar-refractivity contribution in [3.63, 3.8) is 0 Å². The topological polar surface area (TPSA) is 55.1 Å². The molecule has 2 aromatic rings. The predicted octanol–water partition coefficient (Wildman–Crippen LogP) is 2.99. The second-order valence-corrected chi connectivity index (χ2v) is 4.19. The van der Waals surface area contributed by atoms with Gasteiger partial charge in [0.1, 0.15) is 6.61 Å². The van der Waals surface area contributed by atoms with Crippen molar-refractivity contribution in [3.05, 3.63) is 40.3 Å². The molecule has 5 heteroatoms. The van der Waals surface area contributed by atoms with E-state index in [2.05, 4.69) is 11.1 Å². The number of thiazole rings is 1. The van der Waals surface area contributed by atoms with E-state index in [1.165, 1.54) is 11.3 Å². The highest BCUT2D eigenvalue weighted by Gasteiger charge is 2.07. The first-order chi connectivity index (χ1) is 8.83. The van der Waals surface area contributed by atoms with Gasteiger partial charge in [0, 0.05) is 11.4 Å². The lowest BCUT2D eigenvalue weighted by atomic mass is 10.2. The zero-order valence-electron chi connectivity index (χ0n) is 9.92. The second-order valence-electron chi connectivity index (χ2n) is 3.47. The summed E-state index contributed by atoms with van der Waals surface area (Å²) in [5.41, 5.74) is 3.20. The molecule has 0 saturated carbocycles. The van der Waals surface area contributed by atoms with E-state index in [0.717, 1.165) is 5.69 Å². The van der Waals surface area contributed by atoms with Crippen LogP contribution in [0, 0.1) is 11.3 Å². The first kappa shape index (κ1) is 12.4. The molecule has 0 spiro atoms. The van der Waals surface area contributed by atoms with Gasteiger partial charge in [0.2, 0.25) is 0 Å². The van der Waals surface area contributed by atoms with E-state index in [-0.39, 0.29) is 0 Å². The van der Waals surface area contributed by atoms with E-state index < -0.39 is 0 Å². The second kappa shape index (κ2) is 6.03. The summed E-state index contributed by atoms with van der Waals surface area (Å²) in [6, 6.07) is 7.21. The van der Waals surface area contributed by atoms with Gasteiger partial charge in [0.05, 0.1) is 29.4 Å². The van der Waals surface area contributed by atoms with Crippen LogP contribution in [-0.2, 0) is 6.61 Å². The van der Waals surface area contributed by atoms with Crippen LogP contribution < -0.4 is 9.47 Å². The Bertz CT molecular complexity index is 547. The lowest BCUT2D eigenvalue weighted by molar-refractivity contribution is 0.267. The molecular weight excluding hydrogens is 248 g/mol. The smallest absolute Gasteiger partial charge is 0.162 e. The van der Waals surface area contributed by atoms with Crippen LogP contribution in [-0.4, -0.2) is 11.6 Å². The minimum absolute atomic E-state index is 0.398. The zero-order valence-corrected chi connectivity index (χ0v) is 10.7. The fraction of sp³-hybridized carbons (Fsp3) is 0.231. The Kier molecular flexibility index (Phi) is 4.15. The van der Waals surface area contributed by atoms with Crippen LogP contribution in [0.4, 0.5) is 0 Å². The van der Waals surface area contributed by atoms with E-state index in [1.54, 1.807) is 23.7 Å². The molecule has 0 fully saturated rings. The molecule has 4 nitrogen and oxygen atoms in total. The van der Waals surface area contributed by atoms with Crippen molar-refractivity contribution in [2.75, 3.05) is 6.61 Å². The van der Waals surface area contributed by atoms with Gasteiger partial charge in [-0.3, -0.25) is 0 Å². The summed E-state index contributed by atoms with van der Waals surface area (Å²) >= 11 is 1.53. The Morgan fingerprint density at radius 3 is 2.89 bits per heavy atom. The first-order valence-electron chi connectivity index (χ1n) is 5.50. The highest BCUT2D eigenvalue weighted by molar-refractivity contribution is 7.07. The van der Waals surface area contributed by atoms with Gasteiger partial charge in [0.15, 0.2) is 11.5 Å². The molecule has 18 heavy (non-hydrogen) atoms. The number of hydrogen-bond acceptors (Lipinski definition) is 5. The van der Waals surface area contributed by atoms with Crippen LogP contribution in [0.5, 0.6) is 11.5 Å². The summed E-state index contributed by atoms with van der Waals surface area (Å²) < 4.78 is 11.1. The number of hydrogen-bond donors (Lipinski definition) is 0. The number of ether oxygens (including phenoxy) is 2. The molecule has 0 atom stereocenters. The molecule has 1 aromatic carbocycles. The molecule has 0 N–H and O–H groups in total. The quantitative estimate of drug-likeness (QED) is 0.829. The lowest BCUT2D eigenvalue weighted by Crippen LogP contribution is -2.00. The van der Waals surface area contributed by atoms with Crippen molar-refractivity contribution in [2.24, 2.45) is 0 Å². The summed E-state index contributed by atoms with van der Waals surface area (Å²) in [6.07, 6.45) is 0. The third kappa shape index (κ3) is 2.99. The molecule has 0 aliphatic rings. The first-order valence-corrected chi connectivity index (χ1v) is 6.44. The van der Waals surface area contributed by atoms with Crippen LogP contribution in [0.3, 0.4) is 0 Å². The number of benzene rings is 1. The van der Waals surface area contributed by atoms with Gasteiger partial charge in [-0.2, -0.15) is 5.26 Å². The van der Waals surface area contributed by atoms with E-state index in [9.17, 15) is 0 Å². The molecule has 92 valence electrons. The van der Waals surface area contributed by atoms with Crippen molar-refractivity contribution in [1.82, 2.24) is 4.98 Å². The Labute approximate surface area is 109 Å². The highest BCUT2D eigenvalue weighted by Crippen LogP contribution is 2.29. The molecule has 0 bridgehead atoms. The van der Waals surface area contributed by atoms with E-state index >= 15 is 0 Å². The largest absolute Gasteiger partial charge is 0.490 e. The molecule has 0 aliphatic heterocycles. The van der Waals surface area contributed by atoms with E-state index in [0.29, 0.717) is 30.3 Å². The van der Waals surface area contributed by atoms with E-state index in [4.69, 9.17) is 14.7 Å². The average Bonchev–Trinajstić information content (AvgIpc) is 2.90. The zero-order chi connectivity index (χ0) is 12.8. The van der Waals surface area contributed by atoms with Crippen LogP contribution in [0.15, 0.2) is 29.1 Å². The summed E-state index contributed by atoms with van der Waals surface area (Å²) in [4.78, 5) is 4.14. The van der Waals surface area contributed by atoms with Gasteiger partial charge >= 0.3 is 0 Å². The van der Waals surface area contributed by atoms with E-state index in [1.807, 2.05) is 12.3 Å². The Morgan fingerprint density at radius 2 is 2.22 bits per heavy atom. The SMILES string of the molecule is CCOc1cc(C#N)ccc1OCc1cscn1. The molecule has 0 amide bonds. The molecule has 0 aliphatic carbocycles. The molecule has 0 unspecified atom stereocenters. The monoisotopic (exact) mass is 260 g/mol. The molecule has 2 rings (SSSR count). The minimum Gasteiger partial charge on any atom is -0.490 e. The van der Waals surface area contributed by atoms with Gasteiger partial charge in [-0.1, -0.05) is 0 Å². The fourth-order valence-electron chi connectivity index (χ4n) is 1.43. The van der Waals surface area contributed by atoms with Gasteiger partial charge in [-0.15, -0.1) is 11.3 Å². The third-order valence-corrected chi connectivity index (χ3v) is 2.87. The summed E-state index contributed by atoms with van der Waals surface area (Å²) in [5, 5.41) is 10.8. The molecule has 1 aromatic heterocycles. The van der Waals surface area contributed by atoms with Gasteiger partial charge < -0.3 is 9.47 Å². The number of aromatic nitrogens is 1. The van der Waals surface area contributed by atoms with Crippen LogP contribution >= 0.6 is 11.3 Å². The average molecular weight is 260 g/mol. The molecule has 1 heterocycles. The van der Waals surface area contributed by atoms with Crippen LogP contribution in [0.2, 0.25) is 0 Å². The fourth-order valence-corrected chi connectivity index (χ4v) is 1.97. The highest BCUT2D eigenvalue weighted by atomic mass is 32.1. The maximum absolute atomic E-state index is 8.85. The molecular formula is C13H12N2O2S. The van der Waals surface area contributed by atoms with Gasteiger partial charge in [-0.05, 0) is 19.1 Å². The molecule has 0 radical (unpaired) electrons. The van der Waals surface area contributed by atoms with Crippen molar-refractivity contribution in [1.29, 1.82) is 5.26 Å². The maximum Gasteiger partial charge on any atom is 0.162 e. The Balaban J connectivity index is 2.13. The third-order valence-electron chi connectivity index (χ3n) is 2.23. The van der Waals surface area contributed by atoms with Crippen molar-refractivity contribution in [2.45, 2.75) is 13.5 Å². The summed E-state index contributed by atoms with van der Waals surface area (Å²) in [7, 11) is 0. The van der Waals surface area contributed by atoms with Gasteiger partial charge in [0.25, 0.3) is 0 Å². The van der Waals surface area contributed by atoms with Crippen LogP contribution in [0.1, 0.15) is 18.2 Å². The Morgan fingerprint density at radius 1 is 1.33 bits per heavy atom. The van der Waals surface area contributed by atoms with Crippen molar-refractivity contribution < 1.29 is 9.47 Å². The summed E-state index contributed by atoms with van der Waals surface area (Å²) in [6.45, 7) is 2.82. The predicted molar refractivity (Wildman–Crippen MR) is 68.8 cm³/mol. The molecule has 0 saturated heterocycles. The normalized spacial score (nSPS) is 9.78. The van der Waals surface area contributed by atoms with Crippen molar-refractivity contribution in [3.8, 4) is 17.6 Å². The maximum atomic E-state index is 8.85. The number of nitriles is 1. The summed E-state index contributed by atoms with van der Waals surface area (Å²) in [5.74, 6) is 1.22. The number of nitrogens with zero attached hydrogens (tertiary/aromatic N) is 2. The Hall–Kier alpha value is -2.06. The standard InChI is InChI=1S/C13H12N2O2S/c1-2-16-13-5-10(6-14)3-4-12(13)17-7-11-8-18-9-15-11/h3-5,8-9H,2,7H2,1H3. The lowest BCUT2D eigenvalue weighted by Gasteiger charge is -2.11. The van der Waals surface area contributed by atoms with Crippen molar-refractivity contribution >= 4 is 11.3 Å². The van der Waals surface area contributed by atoms with Gasteiger partial charge in [-0.25, -0.2) is 4.98 Å². The number of rotatable bonds is 5.